The molecule has 1 aromatic heterocycles. The number of nitrogens with zero attached hydrogens (tertiary/aromatic N) is 1. The van der Waals surface area contributed by atoms with Crippen LogP contribution in [0.5, 0.6) is 0 Å². The van der Waals surface area contributed by atoms with Crippen molar-refractivity contribution in [2.45, 2.75) is 25.7 Å². The predicted molar refractivity (Wildman–Crippen MR) is 82.2 cm³/mol. The zero-order valence-corrected chi connectivity index (χ0v) is 12.1. The Morgan fingerprint density at radius 3 is 2.80 bits per heavy atom. The highest BCUT2D eigenvalue weighted by atomic mass is 16.1. The van der Waals surface area contributed by atoms with E-state index in [4.69, 9.17) is 0 Å². The van der Waals surface area contributed by atoms with Gasteiger partial charge in [0, 0.05) is 18.1 Å². The van der Waals surface area contributed by atoms with E-state index in [2.05, 4.69) is 35.2 Å². The lowest BCUT2D eigenvalue weighted by Gasteiger charge is -2.23. The lowest BCUT2D eigenvalue weighted by molar-refractivity contribution is -0.105. The molecule has 0 spiro atoms. The number of hydrogen-bond donors (Lipinski definition) is 2. The number of rotatable bonds is 3. The molecule has 0 saturated carbocycles. The van der Waals surface area contributed by atoms with Gasteiger partial charge in [-0.3, -0.25) is 4.79 Å². The Bertz CT molecular complexity index is 639. The molecule has 20 heavy (non-hydrogen) atoms. The van der Waals surface area contributed by atoms with E-state index in [1.165, 1.54) is 29.5 Å². The predicted octanol–water partition coefficient (Wildman–Crippen LogP) is 2.52. The van der Waals surface area contributed by atoms with E-state index in [-0.39, 0.29) is 0 Å². The van der Waals surface area contributed by atoms with Crippen molar-refractivity contribution in [3.63, 3.8) is 0 Å². The zero-order chi connectivity index (χ0) is 14.1. The number of aromatic nitrogens is 1. The van der Waals surface area contributed by atoms with Crippen LogP contribution in [0.25, 0.3) is 10.9 Å². The Morgan fingerprint density at radius 1 is 1.35 bits per heavy atom. The summed E-state index contributed by atoms with van der Waals surface area (Å²) in [6.45, 7) is 4.36. The first-order chi connectivity index (χ1) is 9.74. The fourth-order valence-corrected chi connectivity index (χ4v) is 3.47. The van der Waals surface area contributed by atoms with Crippen molar-refractivity contribution < 1.29 is 4.79 Å². The van der Waals surface area contributed by atoms with E-state index in [0.29, 0.717) is 5.92 Å². The molecule has 2 heterocycles. The topological polar surface area (TPSA) is 46.1 Å². The minimum absolute atomic E-state index is 0.617. The summed E-state index contributed by atoms with van der Waals surface area (Å²) in [5.41, 5.74) is 4.79. The van der Waals surface area contributed by atoms with Crippen molar-refractivity contribution in [1.82, 2.24) is 9.88 Å². The molecule has 1 fully saturated rings. The second-order valence-electron chi connectivity index (χ2n) is 5.55. The van der Waals surface area contributed by atoms with Crippen molar-refractivity contribution in [1.29, 1.82) is 0 Å². The van der Waals surface area contributed by atoms with E-state index in [9.17, 15) is 4.79 Å². The van der Waals surface area contributed by atoms with Crippen molar-refractivity contribution >= 4 is 23.0 Å². The first-order valence-corrected chi connectivity index (χ1v) is 7.23. The van der Waals surface area contributed by atoms with Gasteiger partial charge in [-0.25, -0.2) is 0 Å². The number of nitrogens with one attached hydrogen (secondary N) is 2. The van der Waals surface area contributed by atoms with Gasteiger partial charge in [-0.2, -0.15) is 0 Å². The van der Waals surface area contributed by atoms with E-state index < -0.39 is 0 Å². The number of amides is 1. The third kappa shape index (κ3) is 2.00. The van der Waals surface area contributed by atoms with Crippen LogP contribution in [0.15, 0.2) is 18.2 Å². The van der Waals surface area contributed by atoms with Gasteiger partial charge in [0.05, 0.1) is 11.2 Å². The fourth-order valence-electron chi connectivity index (χ4n) is 3.47. The summed E-state index contributed by atoms with van der Waals surface area (Å²) in [4.78, 5) is 10.8. The summed E-state index contributed by atoms with van der Waals surface area (Å²) in [6, 6.07) is 6.16. The Kier molecular flexibility index (Phi) is 3.49. The number of benzene rings is 1. The lowest BCUT2D eigenvalue weighted by atomic mass is 9.88. The Hall–Kier alpha value is -1.81. The van der Waals surface area contributed by atoms with Gasteiger partial charge < -0.3 is 15.2 Å². The molecule has 106 valence electrons. The van der Waals surface area contributed by atoms with Gasteiger partial charge in [0.2, 0.25) is 6.41 Å². The Balaban J connectivity index is 2.19. The first kappa shape index (κ1) is 13.2. The number of carbonyl (C=O) groups is 1. The van der Waals surface area contributed by atoms with Gasteiger partial charge in [0.15, 0.2) is 0 Å². The molecule has 1 aliphatic heterocycles. The van der Waals surface area contributed by atoms with Crippen LogP contribution in [-0.2, 0) is 11.8 Å². The lowest BCUT2D eigenvalue weighted by Crippen LogP contribution is -2.26. The van der Waals surface area contributed by atoms with Crippen LogP contribution < -0.4 is 10.6 Å². The molecule has 4 heteroatoms. The molecule has 2 N–H and O–H groups in total. The van der Waals surface area contributed by atoms with Crippen LogP contribution >= 0.6 is 0 Å². The van der Waals surface area contributed by atoms with Crippen LogP contribution in [0.3, 0.4) is 0 Å². The molecule has 3 rings (SSSR count). The second kappa shape index (κ2) is 5.29. The molecule has 2 aromatic rings. The van der Waals surface area contributed by atoms with Gasteiger partial charge in [-0.1, -0.05) is 12.1 Å². The molecule has 1 aromatic carbocycles. The van der Waals surface area contributed by atoms with Crippen molar-refractivity contribution in [3.8, 4) is 0 Å². The SMILES string of the molecule is Cc1c(C2CCNCC2)c2cccc(NC=O)c2n1C. The molecule has 0 aliphatic carbocycles. The average Bonchev–Trinajstić information content (AvgIpc) is 2.73. The molecular formula is C16H21N3O. The molecule has 1 aliphatic rings. The van der Waals surface area contributed by atoms with Crippen LogP contribution in [0.2, 0.25) is 0 Å². The highest BCUT2D eigenvalue weighted by molar-refractivity contribution is 5.98. The zero-order valence-electron chi connectivity index (χ0n) is 12.1. The summed E-state index contributed by atoms with van der Waals surface area (Å²) in [5, 5.41) is 7.53. The van der Waals surface area contributed by atoms with E-state index in [0.717, 1.165) is 30.7 Å². The first-order valence-electron chi connectivity index (χ1n) is 7.23. The molecule has 0 atom stereocenters. The number of anilines is 1. The van der Waals surface area contributed by atoms with Gasteiger partial charge in [-0.05, 0) is 50.4 Å². The van der Waals surface area contributed by atoms with Crippen LogP contribution in [0, 0.1) is 6.92 Å². The quantitative estimate of drug-likeness (QED) is 0.843. The van der Waals surface area contributed by atoms with Gasteiger partial charge in [0.1, 0.15) is 0 Å². The summed E-state index contributed by atoms with van der Waals surface area (Å²) < 4.78 is 2.21. The normalized spacial score (nSPS) is 16.5. The second-order valence-corrected chi connectivity index (χ2v) is 5.55. The smallest absolute Gasteiger partial charge is 0.211 e. The summed E-state index contributed by atoms with van der Waals surface area (Å²) in [7, 11) is 2.08. The number of piperidine rings is 1. The molecule has 0 bridgehead atoms. The van der Waals surface area contributed by atoms with Gasteiger partial charge >= 0.3 is 0 Å². The Labute approximate surface area is 119 Å². The number of aryl methyl sites for hydroxylation is 1. The standard InChI is InChI=1S/C16H21N3O/c1-11-15(12-6-8-17-9-7-12)13-4-3-5-14(18-10-20)16(13)19(11)2/h3-5,10,12,17H,6-9H2,1-2H3,(H,18,20). The molecule has 4 nitrogen and oxygen atoms in total. The summed E-state index contributed by atoms with van der Waals surface area (Å²) >= 11 is 0. The van der Waals surface area contributed by atoms with Crippen molar-refractivity contribution in [2.75, 3.05) is 18.4 Å². The minimum Gasteiger partial charge on any atom is -0.346 e. The molecule has 0 radical (unpaired) electrons. The highest BCUT2D eigenvalue weighted by Gasteiger charge is 2.23. The molecule has 0 unspecified atom stereocenters. The maximum absolute atomic E-state index is 10.8. The molecule has 1 amide bonds. The molecular weight excluding hydrogens is 250 g/mol. The van der Waals surface area contributed by atoms with E-state index >= 15 is 0 Å². The highest BCUT2D eigenvalue weighted by Crippen LogP contribution is 2.38. The third-order valence-corrected chi connectivity index (χ3v) is 4.52. The van der Waals surface area contributed by atoms with Crippen LogP contribution in [0.1, 0.15) is 30.0 Å². The summed E-state index contributed by atoms with van der Waals surface area (Å²) in [6.07, 6.45) is 3.12. The summed E-state index contributed by atoms with van der Waals surface area (Å²) in [5.74, 6) is 0.617. The Morgan fingerprint density at radius 2 is 2.10 bits per heavy atom. The minimum atomic E-state index is 0.617. The third-order valence-electron chi connectivity index (χ3n) is 4.52. The number of fused-ring (bicyclic) bond motifs is 1. The van der Waals surface area contributed by atoms with Crippen molar-refractivity contribution in [2.24, 2.45) is 7.05 Å². The number of carbonyl (C=O) groups excluding carboxylic acids is 1. The van der Waals surface area contributed by atoms with E-state index in [1.807, 2.05) is 12.1 Å². The average molecular weight is 271 g/mol. The maximum Gasteiger partial charge on any atom is 0.211 e. The van der Waals surface area contributed by atoms with Crippen LogP contribution in [0.4, 0.5) is 5.69 Å². The molecule has 1 saturated heterocycles. The maximum atomic E-state index is 10.8. The van der Waals surface area contributed by atoms with Crippen LogP contribution in [-0.4, -0.2) is 24.1 Å². The van der Waals surface area contributed by atoms with Gasteiger partial charge in [0.25, 0.3) is 0 Å². The van der Waals surface area contributed by atoms with Crippen molar-refractivity contribution in [3.05, 3.63) is 29.5 Å². The number of hydrogen-bond acceptors (Lipinski definition) is 2. The van der Waals surface area contributed by atoms with E-state index in [1.54, 1.807) is 0 Å². The monoisotopic (exact) mass is 271 g/mol. The van der Waals surface area contributed by atoms with Gasteiger partial charge in [-0.15, -0.1) is 0 Å². The largest absolute Gasteiger partial charge is 0.346 e. The number of para-hydroxylation sites is 1. The fraction of sp³-hybridized carbons (Fsp3) is 0.438.